The number of imidazole rings is 1. The van der Waals surface area contributed by atoms with E-state index in [1.165, 1.54) is 25.7 Å². The van der Waals surface area contributed by atoms with Crippen LogP contribution in [-0.2, 0) is 11.2 Å². The second kappa shape index (κ2) is 5.95. The fraction of sp³-hybridized carbons (Fsp3) is 0.733. The van der Waals surface area contributed by atoms with Crippen molar-refractivity contribution < 1.29 is 4.79 Å². The number of nitrogens with one attached hydrogen (secondary N) is 2. The van der Waals surface area contributed by atoms with Gasteiger partial charge < -0.3 is 15.2 Å². The molecule has 20 heavy (non-hydrogen) atoms. The van der Waals surface area contributed by atoms with Gasteiger partial charge in [-0.2, -0.15) is 0 Å². The molecule has 1 aliphatic heterocycles. The molecule has 3 atom stereocenters. The van der Waals surface area contributed by atoms with Crippen molar-refractivity contribution in [1.82, 2.24) is 20.2 Å². The van der Waals surface area contributed by atoms with E-state index in [1.807, 2.05) is 18.1 Å². The lowest BCUT2D eigenvalue weighted by atomic mass is 9.85. The number of aromatic amines is 1. The Morgan fingerprint density at radius 3 is 3.05 bits per heavy atom. The Bertz CT molecular complexity index is 431. The van der Waals surface area contributed by atoms with Crippen molar-refractivity contribution in [1.29, 1.82) is 0 Å². The summed E-state index contributed by atoms with van der Waals surface area (Å²) in [5, 5.41) is 3.56. The fourth-order valence-electron chi connectivity index (χ4n) is 3.60. The van der Waals surface area contributed by atoms with Crippen molar-refractivity contribution in [2.24, 2.45) is 5.92 Å². The largest absolute Gasteiger partial charge is 0.348 e. The highest BCUT2D eigenvalue weighted by Crippen LogP contribution is 2.33. The Kier molecular flexibility index (Phi) is 4.05. The summed E-state index contributed by atoms with van der Waals surface area (Å²) in [5.74, 6) is 0.970. The number of carbonyl (C=O) groups is 1. The smallest absolute Gasteiger partial charge is 0.239 e. The SMILES string of the molecule is CN(CCc1cnc[nH]1)C(=O)[C@@H]1CC2CCCCC2N1. The monoisotopic (exact) mass is 276 g/mol. The van der Waals surface area contributed by atoms with E-state index in [0.29, 0.717) is 6.04 Å². The van der Waals surface area contributed by atoms with Crippen LogP contribution in [0.25, 0.3) is 0 Å². The van der Waals surface area contributed by atoms with Gasteiger partial charge in [-0.3, -0.25) is 4.79 Å². The number of fused-ring (bicyclic) bond motifs is 1. The Labute approximate surface area is 120 Å². The predicted molar refractivity (Wildman–Crippen MR) is 77.2 cm³/mol. The van der Waals surface area contributed by atoms with E-state index in [2.05, 4.69) is 15.3 Å². The van der Waals surface area contributed by atoms with Gasteiger partial charge in [-0.15, -0.1) is 0 Å². The van der Waals surface area contributed by atoms with Gasteiger partial charge in [0.25, 0.3) is 0 Å². The zero-order chi connectivity index (χ0) is 13.9. The molecule has 3 rings (SSSR count). The molecule has 2 unspecified atom stereocenters. The molecule has 110 valence electrons. The second-order valence-electron chi connectivity index (χ2n) is 6.19. The molecule has 0 spiro atoms. The van der Waals surface area contributed by atoms with Gasteiger partial charge in [0, 0.05) is 37.9 Å². The maximum absolute atomic E-state index is 12.5. The van der Waals surface area contributed by atoms with Crippen molar-refractivity contribution in [3.63, 3.8) is 0 Å². The summed E-state index contributed by atoms with van der Waals surface area (Å²) < 4.78 is 0. The molecule has 1 saturated carbocycles. The molecule has 5 nitrogen and oxygen atoms in total. The number of rotatable bonds is 4. The van der Waals surface area contributed by atoms with Crippen molar-refractivity contribution in [3.8, 4) is 0 Å². The molecule has 1 amide bonds. The third-order valence-electron chi connectivity index (χ3n) is 4.81. The van der Waals surface area contributed by atoms with Crippen molar-refractivity contribution >= 4 is 5.91 Å². The molecule has 1 aliphatic carbocycles. The molecule has 2 N–H and O–H groups in total. The van der Waals surface area contributed by atoms with E-state index in [4.69, 9.17) is 0 Å². The molecular formula is C15H24N4O. The zero-order valence-corrected chi connectivity index (χ0v) is 12.1. The number of H-pyrrole nitrogens is 1. The van der Waals surface area contributed by atoms with E-state index >= 15 is 0 Å². The first kappa shape index (κ1) is 13.6. The van der Waals surface area contributed by atoms with E-state index < -0.39 is 0 Å². The highest BCUT2D eigenvalue weighted by Gasteiger charge is 2.38. The highest BCUT2D eigenvalue weighted by molar-refractivity contribution is 5.82. The van der Waals surface area contributed by atoms with Crippen molar-refractivity contribution in [2.75, 3.05) is 13.6 Å². The minimum absolute atomic E-state index is 0.0369. The number of nitrogens with zero attached hydrogens (tertiary/aromatic N) is 2. The summed E-state index contributed by atoms with van der Waals surface area (Å²) >= 11 is 0. The van der Waals surface area contributed by atoms with Gasteiger partial charge in [0.2, 0.25) is 5.91 Å². The van der Waals surface area contributed by atoms with E-state index in [9.17, 15) is 4.79 Å². The third kappa shape index (κ3) is 2.87. The molecule has 0 radical (unpaired) electrons. The van der Waals surface area contributed by atoms with E-state index in [1.54, 1.807) is 6.33 Å². The maximum Gasteiger partial charge on any atom is 0.239 e. The molecule has 0 bridgehead atoms. The quantitative estimate of drug-likeness (QED) is 0.872. The number of hydrogen-bond acceptors (Lipinski definition) is 3. The lowest BCUT2D eigenvalue weighted by Gasteiger charge is -2.24. The summed E-state index contributed by atoms with van der Waals surface area (Å²) in [6.45, 7) is 0.745. The summed E-state index contributed by atoms with van der Waals surface area (Å²) in [6.07, 6.45) is 10.5. The molecule has 2 aliphatic rings. The molecule has 1 saturated heterocycles. The third-order valence-corrected chi connectivity index (χ3v) is 4.81. The lowest BCUT2D eigenvalue weighted by molar-refractivity contribution is -0.131. The van der Waals surface area contributed by atoms with Gasteiger partial charge in [0.1, 0.15) is 0 Å². The number of hydrogen-bond donors (Lipinski definition) is 2. The van der Waals surface area contributed by atoms with Crippen LogP contribution in [0.15, 0.2) is 12.5 Å². The topological polar surface area (TPSA) is 61.0 Å². The summed E-state index contributed by atoms with van der Waals surface area (Å²) in [7, 11) is 1.91. The predicted octanol–water partition coefficient (Wildman–Crippen LogP) is 1.33. The highest BCUT2D eigenvalue weighted by atomic mass is 16.2. The van der Waals surface area contributed by atoms with Gasteiger partial charge in [-0.05, 0) is 25.2 Å². The average molecular weight is 276 g/mol. The van der Waals surface area contributed by atoms with Crippen LogP contribution in [0.5, 0.6) is 0 Å². The van der Waals surface area contributed by atoms with Gasteiger partial charge in [0.15, 0.2) is 0 Å². The summed E-state index contributed by atoms with van der Waals surface area (Å²) in [4.78, 5) is 21.4. The second-order valence-corrected chi connectivity index (χ2v) is 6.19. The molecule has 5 heteroatoms. The lowest BCUT2D eigenvalue weighted by Crippen LogP contribution is -2.44. The maximum atomic E-state index is 12.5. The number of aromatic nitrogens is 2. The summed E-state index contributed by atoms with van der Waals surface area (Å²) in [6, 6.07) is 0.619. The minimum atomic E-state index is 0.0369. The van der Waals surface area contributed by atoms with Crippen LogP contribution in [0.4, 0.5) is 0 Å². The number of likely N-dealkylation sites (N-methyl/N-ethyl adjacent to an activating group) is 1. The van der Waals surface area contributed by atoms with Crippen LogP contribution in [0.3, 0.4) is 0 Å². The van der Waals surface area contributed by atoms with Crippen LogP contribution < -0.4 is 5.32 Å². The van der Waals surface area contributed by atoms with E-state index in [0.717, 1.165) is 31.0 Å². The standard InChI is InChI=1S/C15H24N4O/c1-19(7-6-12-9-16-10-17-12)15(20)14-8-11-4-2-3-5-13(11)18-14/h9-11,13-14,18H,2-8H2,1H3,(H,16,17)/t11?,13?,14-/m0/s1. The van der Waals surface area contributed by atoms with Crippen LogP contribution in [0, 0.1) is 5.92 Å². The van der Waals surface area contributed by atoms with Gasteiger partial charge in [-0.1, -0.05) is 12.8 Å². The normalized spacial score (nSPS) is 29.1. The Morgan fingerprint density at radius 1 is 1.45 bits per heavy atom. The zero-order valence-electron chi connectivity index (χ0n) is 12.1. The Hall–Kier alpha value is -1.36. The van der Waals surface area contributed by atoms with Crippen LogP contribution in [0.1, 0.15) is 37.8 Å². The van der Waals surface area contributed by atoms with Crippen LogP contribution in [-0.4, -0.2) is 46.5 Å². The van der Waals surface area contributed by atoms with Gasteiger partial charge in [0.05, 0.1) is 12.4 Å². The fourth-order valence-corrected chi connectivity index (χ4v) is 3.60. The average Bonchev–Trinajstić information content (AvgIpc) is 3.12. The molecule has 0 aromatic carbocycles. The molecule has 2 fully saturated rings. The Balaban J connectivity index is 1.50. The van der Waals surface area contributed by atoms with Crippen LogP contribution >= 0.6 is 0 Å². The molecule has 2 heterocycles. The molecule has 1 aromatic heterocycles. The van der Waals surface area contributed by atoms with E-state index in [-0.39, 0.29) is 11.9 Å². The molecular weight excluding hydrogens is 252 g/mol. The van der Waals surface area contributed by atoms with Gasteiger partial charge in [-0.25, -0.2) is 4.98 Å². The van der Waals surface area contributed by atoms with Crippen molar-refractivity contribution in [2.45, 2.75) is 50.6 Å². The summed E-state index contributed by atoms with van der Waals surface area (Å²) in [5.41, 5.74) is 1.08. The first-order chi connectivity index (χ1) is 9.74. The number of carbonyl (C=O) groups excluding carboxylic acids is 1. The van der Waals surface area contributed by atoms with Gasteiger partial charge >= 0.3 is 0 Å². The minimum Gasteiger partial charge on any atom is -0.348 e. The first-order valence-corrected chi connectivity index (χ1v) is 7.72. The van der Waals surface area contributed by atoms with Crippen LogP contribution in [0.2, 0.25) is 0 Å². The van der Waals surface area contributed by atoms with Crippen molar-refractivity contribution in [3.05, 3.63) is 18.2 Å². The molecule has 1 aromatic rings. The number of amides is 1. The Morgan fingerprint density at radius 2 is 2.30 bits per heavy atom. The first-order valence-electron chi connectivity index (χ1n) is 7.72.